The molecule has 1 fully saturated rings. The standard InChI is InChI=1S/C22H30N4O2/c1-16-5-8-22(25-24-16)26-12-9-19(10-13-26)11-14-28-21-7-6-20(15-23-27-4)17(2)18(21)3/h5-8,15,19H,9-14H2,1-4H3. The van der Waals surface area contributed by atoms with Crippen molar-refractivity contribution in [2.75, 3.05) is 31.7 Å². The van der Waals surface area contributed by atoms with Crippen molar-refractivity contribution in [1.82, 2.24) is 10.2 Å². The predicted octanol–water partition coefficient (Wildman–Crippen LogP) is 4.07. The summed E-state index contributed by atoms with van der Waals surface area (Å²) in [6.07, 6.45) is 5.16. The minimum atomic E-state index is 0.698. The van der Waals surface area contributed by atoms with E-state index in [2.05, 4.69) is 40.2 Å². The van der Waals surface area contributed by atoms with Crippen molar-refractivity contribution in [3.05, 3.63) is 46.6 Å². The molecule has 1 aromatic heterocycles. The Kier molecular flexibility index (Phi) is 6.85. The van der Waals surface area contributed by atoms with Crippen LogP contribution in [0.5, 0.6) is 5.75 Å². The zero-order valence-corrected chi connectivity index (χ0v) is 17.3. The van der Waals surface area contributed by atoms with Gasteiger partial charge in [-0.25, -0.2) is 0 Å². The van der Waals surface area contributed by atoms with Crippen molar-refractivity contribution in [2.45, 2.75) is 40.0 Å². The molecule has 6 nitrogen and oxygen atoms in total. The van der Waals surface area contributed by atoms with Gasteiger partial charge < -0.3 is 14.5 Å². The van der Waals surface area contributed by atoms with Crippen LogP contribution in [0, 0.1) is 26.7 Å². The van der Waals surface area contributed by atoms with Gasteiger partial charge in [0.1, 0.15) is 12.9 Å². The second kappa shape index (κ2) is 9.53. The molecule has 150 valence electrons. The molecule has 6 heteroatoms. The molecular formula is C22H30N4O2. The molecule has 0 bridgehead atoms. The summed E-state index contributed by atoms with van der Waals surface area (Å²) >= 11 is 0. The first-order chi connectivity index (χ1) is 13.6. The molecule has 0 unspecified atom stereocenters. The van der Waals surface area contributed by atoms with Gasteiger partial charge in [-0.2, -0.15) is 5.10 Å². The fourth-order valence-electron chi connectivity index (χ4n) is 3.57. The number of hydrogen-bond donors (Lipinski definition) is 0. The van der Waals surface area contributed by atoms with E-state index < -0.39 is 0 Å². The van der Waals surface area contributed by atoms with Crippen LogP contribution in [0.4, 0.5) is 5.82 Å². The molecule has 1 aliphatic heterocycles. The summed E-state index contributed by atoms with van der Waals surface area (Å²) < 4.78 is 6.09. The molecule has 0 radical (unpaired) electrons. The largest absolute Gasteiger partial charge is 0.493 e. The lowest BCUT2D eigenvalue weighted by Gasteiger charge is -2.32. The number of piperidine rings is 1. The molecule has 0 aliphatic carbocycles. The smallest absolute Gasteiger partial charge is 0.151 e. The highest BCUT2D eigenvalue weighted by Gasteiger charge is 2.20. The van der Waals surface area contributed by atoms with Crippen LogP contribution in [0.25, 0.3) is 0 Å². The summed E-state index contributed by atoms with van der Waals surface area (Å²) in [7, 11) is 1.55. The van der Waals surface area contributed by atoms with Gasteiger partial charge in [0.05, 0.1) is 18.5 Å². The van der Waals surface area contributed by atoms with Crippen molar-refractivity contribution >= 4 is 12.0 Å². The molecule has 0 atom stereocenters. The Bertz CT molecular complexity index is 797. The molecule has 2 aromatic rings. The Morgan fingerprint density at radius 3 is 2.54 bits per heavy atom. The van der Waals surface area contributed by atoms with Gasteiger partial charge in [0.2, 0.25) is 0 Å². The number of oxime groups is 1. The van der Waals surface area contributed by atoms with Gasteiger partial charge in [0, 0.05) is 13.1 Å². The van der Waals surface area contributed by atoms with Gasteiger partial charge in [0.15, 0.2) is 5.82 Å². The number of nitrogens with zero attached hydrogens (tertiary/aromatic N) is 4. The number of aromatic nitrogens is 2. The van der Waals surface area contributed by atoms with Gasteiger partial charge in [-0.05, 0) is 86.9 Å². The quantitative estimate of drug-likeness (QED) is 0.534. The Morgan fingerprint density at radius 2 is 1.86 bits per heavy atom. The number of rotatable bonds is 7. The van der Waals surface area contributed by atoms with Crippen LogP contribution in [-0.2, 0) is 4.84 Å². The molecule has 2 heterocycles. The summed E-state index contributed by atoms with van der Waals surface area (Å²) in [5.74, 6) is 2.65. The average Bonchev–Trinajstić information content (AvgIpc) is 2.72. The third-order valence-electron chi connectivity index (χ3n) is 5.58. The van der Waals surface area contributed by atoms with E-state index in [9.17, 15) is 0 Å². The summed E-state index contributed by atoms with van der Waals surface area (Å²) in [5, 5.41) is 12.3. The number of ether oxygens (including phenoxy) is 1. The van der Waals surface area contributed by atoms with E-state index in [1.54, 1.807) is 13.3 Å². The lowest BCUT2D eigenvalue weighted by molar-refractivity contribution is 0.215. The zero-order valence-electron chi connectivity index (χ0n) is 17.3. The molecular weight excluding hydrogens is 352 g/mol. The van der Waals surface area contributed by atoms with Crippen LogP contribution in [0.2, 0.25) is 0 Å². The van der Waals surface area contributed by atoms with Gasteiger partial charge >= 0.3 is 0 Å². The molecule has 0 spiro atoms. The molecule has 1 aliphatic rings. The molecule has 28 heavy (non-hydrogen) atoms. The van der Waals surface area contributed by atoms with E-state index >= 15 is 0 Å². The van der Waals surface area contributed by atoms with Crippen molar-refractivity contribution in [2.24, 2.45) is 11.1 Å². The van der Waals surface area contributed by atoms with E-state index in [4.69, 9.17) is 9.57 Å². The van der Waals surface area contributed by atoms with E-state index in [-0.39, 0.29) is 0 Å². The highest BCUT2D eigenvalue weighted by Crippen LogP contribution is 2.26. The topological polar surface area (TPSA) is 59.8 Å². The second-order valence-electron chi connectivity index (χ2n) is 7.42. The molecule has 3 rings (SSSR count). The lowest BCUT2D eigenvalue weighted by atomic mass is 9.94. The summed E-state index contributed by atoms with van der Waals surface area (Å²) in [5.41, 5.74) is 4.34. The van der Waals surface area contributed by atoms with Crippen LogP contribution in [0.1, 0.15) is 41.6 Å². The first-order valence-electron chi connectivity index (χ1n) is 9.93. The second-order valence-corrected chi connectivity index (χ2v) is 7.42. The number of anilines is 1. The van der Waals surface area contributed by atoms with Crippen LogP contribution in [0.3, 0.4) is 0 Å². The van der Waals surface area contributed by atoms with Crippen molar-refractivity contribution < 1.29 is 9.57 Å². The van der Waals surface area contributed by atoms with Crippen LogP contribution < -0.4 is 9.64 Å². The van der Waals surface area contributed by atoms with Crippen molar-refractivity contribution in [3.8, 4) is 5.75 Å². The van der Waals surface area contributed by atoms with Crippen molar-refractivity contribution in [3.63, 3.8) is 0 Å². The third-order valence-corrected chi connectivity index (χ3v) is 5.58. The number of benzene rings is 1. The first kappa shape index (κ1) is 20.1. The van der Waals surface area contributed by atoms with Gasteiger partial charge in [-0.3, -0.25) is 0 Å². The highest BCUT2D eigenvalue weighted by atomic mass is 16.6. The highest BCUT2D eigenvalue weighted by molar-refractivity contribution is 5.82. The minimum absolute atomic E-state index is 0.698. The van der Waals surface area contributed by atoms with E-state index in [0.717, 1.165) is 54.5 Å². The summed E-state index contributed by atoms with van der Waals surface area (Å²) in [6.45, 7) is 8.97. The molecule has 1 saturated heterocycles. The Balaban J connectivity index is 1.46. The molecule has 1 aromatic carbocycles. The molecule has 0 N–H and O–H groups in total. The zero-order chi connectivity index (χ0) is 19.9. The fourth-order valence-corrected chi connectivity index (χ4v) is 3.57. The predicted molar refractivity (Wildman–Crippen MR) is 112 cm³/mol. The van der Waals surface area contributed by atoms with Crippen molar-refractivity contribution in [1.29, 1.82) is 0 Å². The molecule has 0 saturated carbocycles. The maximum absolute atomic E-state index is 6.09. The van der Waals surface area contributed by atoms with Crippen LogP contribution in [0.15, 0.2) is 29.4 Å². The van der Waals surface area contributed by atoms with E-state index in [1.807, 2.05) is 25.1 Å². The first-order valence-corrected chi connectivity index (χ1v) is 9.93. The Morgan fingerprint density at radius 1 is 1.07 bits per heavy atom. The minimum Gasteiger partial charge on any atom is -0.493 e. The monoisotopic (exact) mass is 382 g/mol. The normalized spacial score (nSPS) is 15.2. The Labute approximate surface area is 167 Å². The van der Waals surface area contributed by atoms with Gasteiger partial charge in [-0.1, -0.05) is 5.16 Å². The Hall–Kier alpha value is -2.63. The average molecular weight is 383 g/mol. The van der Waals surface area contributed by atoms with E-state index in [1.165, 1.54) is 18.4 Å². The van der Waals surface area contributed by atoms with Crippen LogP contribution >= 0.6 is 0 Å². The summed E-state index contributed by atoms with van der Waals surface area (Å²) in [4.78, 5) is 7.10. The maximum Gasteiger partial charge on any atom is 0.151 e. The SMILES string of the molecule is CON=Cc1ccc(OCCC2CCN(c3ccc(C)nn3)CC2)c(C)c1C. The van der Waals surface area contributed by atoms with E-state index in [0.29, 0.717) is 5.92 Å². The maximum atomic E-state index is 6.09. The lowest BCUT2D eigenvalue weighted by Crippen LogP contribution is -2.34. The fraction of sp³-hybridized carbons (Fsp3) is 0.500. The number of hydrogen-bond acceptors (Lipinski definition) is 6. The van der Waals surface area contributed by atoms with Gasteiger partial charge in [-0.15, -0.1) is 5.10 Å². The van der Waals surface area contributed by atoms with Gasteiger partial charge in [0.25, 0.3) is 0 Å². The number of aryl methyl sites for hydroxylation is 1. The summed E-state index contributed by atoms with van der Waals surface area (Å²) in [6, 6.07) is 8.15. The third kappa shape index (κ3) is 5.00. The molecule has 0 amide bonds. The van der Waals surface area contributed by atoms with Crippen LogP contribution in [-0.4, -0.2) is 43.2 Å².